The molecular weight excluding hydrogens is 447 g/mol. The zero-order valence-electron chi connectivity index (χ0n) is 18.3. The SMILES string of the molecule is Cc1cccc(-c2cc(C(=O)NC(C)CCCc3ccc(Cl)c(Cl)c3)c(O)c(=O)n2C)c1. The smallest absolute Gasteiger partial charge is 0.293 e. The van der Waals surface area contributed by atoms with Crippen molar-refractivity contribution in [1.82, 2.24) is 9.88 Å². The molecule has 0 aliphatic carbocycles. The van der Waals surface area contributed by atoms with Gasteiger partial charge in [-0.15, -0.1) is 0 Å². The predicted molar refractivity (Wildman–Crippen MR) is 130 cm³/mol. The molecule has 1 heterocycles. The van der Waals surface area contributed by atoms with Crippen molar-refractivity contribution >= 4 is 29.1 Å². The van der Waals surface area contributed by atoms with Gasteiger partial charge in [-0.1, -0.05) is 53.0 Å². The number of hydrogen-bond donors (Lipinski definition) is 2. The Morgan fingerprint density at radius 2 is 1.88 bits per heavy atom. The Bertz CT molecular complexity index is 1200. The van der Waals surface area contributed by atoms with E-state index in [1.807, 2.05) is 50.2 Å². The first-order valence-corrected chi connectivity index (χ1v) is 11.2. The van der Waals surface area contributed by atoms with Crippen LogP contribution in [0.1, 0.15) is 41.3 Å². The number of carbonyl (C=O) groups is 1. The minimum absolute atomic E-state index is 0.0269. The third-order valence-corrected chi connectivity index (χ3v) is 6.17. The van der Waals surface area contributed by atoms with Crippen molar-refractivity contribution in [2.45, 2.75) is 39.2 Å². The van der Waals surface area contributed by atoms with Crippen LogP contribution >= 0.6 is 23.2 Å². The van der Waals surface area contributed by atoms with Crippen LogP contribution in [0.15, 0.2) is 53.3 Å². The number of nitrogens with zero attached hydrogens (tertiary/aromatic N) is 1. The van der Waals surface area contributed by atoms with Crippen LogP contribution in [0.4, 0.5) is 0 Å². The highest BCUT2D eigenvalue weighted by Gasteiger charge is 2.20. The number of halogens is 2. The molecule has 3 aromatic rings. The molecule has 0 saturated heterocycles. The van der Waals surface area contributed by atoms with Gasteiger partial charge < -0.3 is 15.0 Å². The zero-order valence-corrected chi connectivity index (χ0v) is 19.8. The highest BCUT2D eigenvalue weighted by Crippen LogP contribution is 2.25. The first-order valence-electron chi connectivity index (χ1n) is 10.4. The van der Waals surface area contributed by atoms with Crippen molar-refractivity contribution < 1.29 is 9.90 Å². The number of pyridine rings is 1. The summed E-state index contributed by atoms with van der Waals surface area (Å²) in [6.07, 6.45) is 2.35. The van der Waals surface area contributed by atoms with Gasteiger partial charge in [-0.05, 0) is 68.5 Å². The number of benzene rings is 2. The average molecular weight is 473 g/mol. The number of hydrogen-bond acceptors (Lipinski definition) is 3. The molecule has 168 valence electrons. The molecule has 1 amide bonds. The van der Waals surface area contributed by atoms with Gasteiger partial charge in [0.05, 0.1) is 21.3 Å². The van der Waals surface area contributed by atoms with Gasteiger partial charge in [0.25, 0.3) is 11.5 Å². The molecule has 1 atom stereocenters. The number of carbonyl (C=O) groups excluding carboxylic acids is 1. The van der Waals surface area contributed by atoms with E-state index in [9.17, 15) is 14.7 Å². The van der Waals surface area contributed by atoms with E-state index in [1.54, 1.807) is 19.2 Å². The van der Waals surface area contributed by atoms with Crippen molar-refractivity contribution in [3.8, 4) is 17.0 Å². The maximum Gasteiger partial charge on any atom is 0.293 e. The van der Waals surface area contributed by atoms with Gasteiger partial charge in [0.1, 0.15) is 0 Å². The van der Waals surface area contributed by atoms with Gasteiger partial charge in [-0.2, -0.15) is 0 Å². The Kier molecular flexibility index (Phi) is 7.64. The maximum atomic E-state index is 12.9. The lowest BCUT2D eigenvalue weighted by molar-refractivity contribution is 0.0935. The van der Waals surface area contributed by atoms with Gasteiger partial charge >= 0.3 is 0 Å². The summed E-state index contributed by atoms with van der Waals surface area (Å²) in [6.45, 7) is 3.85. The van der Waals surface area contributed by atoms with Gasteiger partial charge in [0, 0.05) is 13.1 Å². The van der Waals surface area contributed by atoms with Crippen LogP contribution in [0.2, 0.25) is 10.0 Å². The summed E-state index contributed by atoms with van der Waals surface area (Å²) in [5, 5.41) is 14.3. The monoisotopic (exact) mass is 472 g/mol. The molecule has 1 aromatic heterocycles. The number of aromatic nitrogens is 1. The molecule has 0 aliphatic heterocycles. The van der Waals surface area contributed by atoms with Crippen LogP contribution in [0, 0.1) is 6.92 Å². The van der Waals surface area contributed by atoms with Gasteiger partial charge in [0.2, 0.25) is 0 Å². The van der Waals surface area contributed by atoms with Crippen LogP contribution in [-0.4, -0.2) is 21.6 Å². The van der Waals surface area contributed by atoms with Crippen molar-refractivity contribution in [3.63, 3.8) is 0 Å². The molecule has 2 aromatic carbocycles. The molecule has 0 aliphatic rings. The fraction of sp³-hybridized carbons (Fsp3) is 0.280. The molecule has 2 N–H and O–H groups in total. The lowest BCUT2D eigenvalue weighted by atomic mass is 10.0. The van der Waals surface area contributed by atoms with E-state index in [0.717, 1.165) is 36.0 Å². The van der Waals surface area contributed by atoms with E-state index in [2.05, 4.69) is 5.32 Å². The van der Waals surface area contributed by atoms with Crippen LogP contribution in [-0.2, 0) is 13.5 Å². The van der Waals surface area contributed by atoms with E-state index in [1.165, 1.54) is 4.57 Å². The summed E-state index contributed by atoms with van der Waals surface area (Å²) >= 11 is 12.0. The molecule has 3 rings (SSSR count). The predicted octanol–water partition coefficient (Wildman–Crippen LogP) is 5.51. The molecule has 0 spiro atoms. The Balaban J connectivity index is 1.71. The molecular formula is C25H26Cl2N2O3. The second kappa shape index (κ2) is 10.2. The second-order valence-corrected chi connectivity index (χ2v) is 8.86. The largest absolute Gasteiger partial charge is 0.502 e. The van der Waals surface area contributed by atoms with E-state index < -0.39 is 17.2 Å². The molecule has 0 bridgehead atoms. The molecule has 0 fully saturated rings. The first kappa shape index (κ1) is 23.9. The minimum Gasteiger partial charge on any atom is -0.502 e. The third kappa shape index (κ3) is 5.53. The molecule has 7 heteroatoms. The molecule has 5 nitrogen and oxygen atoms in total. The number of nitrogens with one attached hydrogen (secondary N) is 1. The number of amides is 1. The summed E-state index contributed by atoms with van der Waals surface area (Å²) < 4.78 is 1.35. The van der Waals surface area contributed by atoms with Gasteiger partial charge in [-0.3, -0.25) is 9.59 Å². The highest BCUT2D eigenvalue weighted by molar-refractivity contribution is 6.42. The molecule has 32 heavy (non-hydrogen) atoms. The fourth-order valence-corrected chi connectivity index (χ4v) is 3.94. The summed E-state index contributed by atoms with van der Waals surface area (Å²) in [4.78, 5) is 25.4. The zero-order chi connectivity index (χ0) is 23.4. The van der Waals surface area contributed by atoms with Crippen molar-refractivity contribution in [2.75, 3.05) is 0 Å². The van der Waals surface area contributed by atoms with Crippen molar-refractivity contribution in [2.24, 2.45) is 7.05 Å². The van der Waals surface area contributed by atoms with Crippen LogP contribution in [0.3, 0.4) is 0 Å². The molecule has 1 unspecified atom stereocenters. The summed E-state index contributed by atoms with van der Waals surface area (Å²) in [6, 6.07) is 14.6. The topological polar surface area (TPSA) is 71.3 Å². The lowest BCUT2D eigenvalue weighted by Gasteiger charge is -2.16. The number of aromatic hydroxyl groups is 1. The number of aryl methyl sites for hydroxylation is 2. The van der Waals surface area contributed by atoms with Crippen LogP contribution in [0.5, 0.6) is 5.75 Å². The Morgan fingerprint density at radius 3 is 2.56 bits per heavy atom. The number of rotatable bonds is 7. The fourth-order valence-electron chi connectivity index (χ4n) is 3.62. The summed E-state index contributed by atoms with van der Waals surface area (Å²) in [5.74, 6) is -1.03. The highest BCUT2D eigenvalue weighted by atomic mass is 35.5. The second-order valence-electron chi connectivity index (χ2n) is 8.04. The maximum absolute atomic E-state index is 12.9. The van der Waals surface area contributed by atoms with E-state index in [4.69, 9.17) is 23.2 Å². The minimum atomic E-state index is -0.610. The summed E-state index contributed by atoms with van der Waals surface area (Å²) in [5.41, 5.74) is 2.83. The Hall–Kier alpha value is -2.76. The molecule has 0 radical (unpaired) electrons. The normalized spacial score (nSPS) is 11.9. The third-order valence-electron chi connectivity index (χ3n) is 5.43. The van der Waals surface area contributed by atoms with E-state index in [0.29, 0.717) is 15.7 Å². The van der Waals surface area contributed by atoms with E-state index in [-0.39, 0.29) is 11.6 Å². The molecule has 0 saturated carbocycles. The van der Waals surface area contributed by atoms with Gasteiger partial charge in [-0.25, -0.2) is 0 Å². The van der Waals surface area contributed by atoms with Crippen LogP contribution < -0.4 is 10.9 Å². The Labute approximate surface area is 197 Å². The van der Waals surface area contributed by atoms with Crippen molar-refractivity contribution in [3.05, 3.63) is 85.6 Å². The quantitative estimate of drug-likeness (QED) is 0.475. The van der Waals surface area contributed by atoms with Gasteiger partial charge in [0.15, 0.2) is 5.75 Å². The average Bonchev–Trinajstić information content (AvgIpc) is 2.74. The summed E-state index contributed by atoms with van der Waals surface area (Å²) in [7, 11) is 1.58. The Morgan fingerprint density at radius 1 is 1.12 bits per heavy atom. The lowest BCUT2D eigenvalue weighted by Crippen LogP contribution is -2.34. The van der Waals surface area contributed by atoms with Crippen LogP contribution in [0.25, 0.3) is 11.3 Å². The van der Waals surface area contributed by atoms with E-state index >= 15 is 0 Å². The first-order chi connectivity index (χ1) is 15.2. The van der Waals surface area contributed by atoms with Crippen molar-refractivity contribution in [1.29, 1.82) is 0 Å². The standard InChI is InChI=1S/C25H26Cl2N2O3/c1-15-6-4-9-18(12-15)22-14-19(23(30)25(32)29(22)3)24(31)28-16(2)7-5-8-17-10-11-20(26)21(27)13-17/h4,6,9-14,16,30H,5,7-8H2,1-3H3,(H,28,31).